The number of hydrogen-bond acceptors (Lipinski definition) is 2. The molecule has 2 rings (SSSR count). The largest absolute Gasteiger partial charge is 0.497 e. The molecule has 1 fully saturated rings. The van der Waals surface area contributed by atoms with Gasteiger partial charge in [0.05, 0.1) is 7.11 Å². The van der Waals surface area contributed by atoms with Crippen molar-refractivity contribution >= 4 is 11.6 Å². The molecule has 1 saturated carbocycles. The summed E-state index contributed by atoms with van der Waals surface area (Å²) in [5.74, 6) is 1.63. The molecule has 0 aliphatic heterocycles. The lowest BCUT2D eigenvalue weighted by Gasteiger charge is -2.18. The Balaban J connectivity index is 2.05. The van der Waals surface area contributed by atoms with E-state index in [2.05, 4.69) is 24.0 Å². The number of nitrogens with one attached hydrogen (secondary N) is 1. The first-order valence-electron chi connectivity index (χ1n) is 5.91. The van der Waals surface area contributed by atoms with Crippen LogP contribution < -0.4 is 10.1 Å². The SMILES string of the molecule is C=C(Cl)CNC(c1ccc(OC)cc1)C1CC1. The van der Waals surface area contributed by atoms with Gasteiger partial charge < -0.3 is 10.1 Å². The average Bonchev–Trinajstić information content (AvgIpc) is 3.14. The van der Waals surface area contributed by atoms with Crippen molar-refractivity contribution in [2.24, 2.45) is 5.92 Å². The molecule has 0 radical (unpaired) electrons. The van der Waals surface area contributed by atoms with Crippen molar-refractivity contribution < 1.29 is 4.74 Å². The Morgan fingerprint density at radius 2 is 2.12 bits per heavy atom. The van der Waals surface area contributed by atoms with Crippen LogP contribution in [0.5, 0.6) is 5.75 Å². The minimum atomic E-state index is 0.386. The van der Waals surface area contributed by atoms with Gasteiger partial charge in [-0.25, -0.2) is 0 Å². The summed E-state index contributed by atoms with van der Waals surface area (Å²) < 4.78 is 5.17. The van der Waals surface area contributed by atoms with E-state index >= 15 is 0 Å². The maximum atomic E-state index is 5.81. The Labute approximate surface area is 108 Å². The highest BCUT2D eigenvalue weighted by Crippen LogP contribution is 2.41. The van der Waals surface area contributed by atoms with Crippen LogP contribution in [0.1, 0.15) is 24.4 Å². The molecule has 0 amide bonds. The molecule has 1 aliphatic rings. The Morgan fingerprint density at radius 1 is 1.47 bits per heavy atom. The second-order valence-corrected chi connectivity index (χ2v) is 5.02. The lowest BCUT2D eigenvalue weighted by molar-refractivity contribution is 0.414. The predicted molar refractivity (Wildman–Crippen MR) is 71.5 cm³/mol. The smallest absolute Gasteiger partial charge is 0.118 e. The molecule has 3 heteroatoms. The van der Waals surface area contributed by atoms with Crippen molar-refractivity contribution in [3.8, 4) is 5.75 Å². The lowest BCUT2D eigenvalue weighted by Crippen LogP contribution is -2.24. The molecular formula is C14H18ClNO. The van der Waals surface area contributed by atoms with Gasteiger partial charge in [-0.3, -0.25) is 0 Å². The van der Waals surface area contributed by atoms with E-state index < -0.39 is 0 Å². The summed E-state index contributed by atoms with van der Waals surface area (Å²) in [6, 6.07) is 8.62. The third-order valence-electron chi connectivity index (χ3n) is 3.08. The van der Waals surface area contributed by atoms with Crippen molar-refractivity contribution in [2.45, 2.75) is 18.9 Å². The Morgan fingerprint density at radius 3 is 2.59 bits per heavy atom. The molecule has 0 spiro atoms. The van der Waals surface area contributed by atoms with E-state index in [-0.39, 0.29) is 0 Å². The van der Waals surface area contributed by atoms with Crippen molar-refractivity contribution in [1.29, 1.82) is 0 Å². The van der Waals surface area contributed by atoms with Gasteiger partial charge in [0, 0.05) is 17.6 Å². The third-order valence-corrected chi connectivity index (χ3v) is 3.22. The van der Waals surface area contributed by atoms with Crippen LogP contribution in [0.15, 0.2) is 35.9 Å². The van der Waals surface area contributed by atoms with Crippen LogP contribution in [-0.2, 0) is 0 Å². The molecule has 1 atom stereocenters. The fourth-order valence-corrected chi connectivity index (χ4v) is 2.10. The van der Waals surface area contributed by atoms with Crippen LogP contribution in [0.3, 0.4) is 0 Å². The predicted octanol–water partition coefficient (Wildman–Crippen LogP) is 3.49. The Kier molecular flexibility index (Phi) is 4.08. The van der Waals surface area contributed by atoms with E-state index in [1.54, 1.807) is 7.11 Å². The number of benzene rings is 1. The van der Waals surface area contributed by atoms with Gasteiger partial charge in [-0.15, -0.1) is 0 Å². The zero-order valence-electron chi connectivity index (χ0n) is 10.1. The van der Waals surface area contributed by atoms with Crippen molar-refractivity contribution in [3.05, 3.63) is 41.4 Å². The van der Waals surface area contributed by atoms with E-state index in [9.17, 15) is 0 Å². The van der Waals surface area contributed by atoms with Crippen LogP contribution in [0.25, 0.3) is 0 Å². The highest BCUT2D eigenvalue weighted by atomic mass is 35.5. The molecule has 0 bridgehead atoms. The third kappa shape index (κ3) is 3.48. The summed E-state index contributed by atoms with van der Waals surface area (Å²) in [5, 5.41) is 4.12. The molecule has 92 valence electrons. The molecule has 1 aromatic rings. The van der Waals surface area contributed by atoms with Crippen LogP contribution in [0.2, 0.25) is 0 Å². The fraction of sp³-hybridized carbons (Fsp3) is 0.429. The van der Waals surface area contributed by atoms with Gasteiger partial charge in [0.25, 0.3) is 0 Å². The fourth-order valence-electron chi connectivity index (χ4n) is 2.02. The van der Waals surface area contributed by atoms with Crippen LogP contribution in [0, 0.1) is 5.92 Å². The zero-order chi connectivity index (χ0) is 12.3. The minimum absolute atomic E-state index is 0.386. The molecular weight excluding hydrogens is 234 g/mol. The van der Waals surface area contributed by atoms with Gasteiger partial charge in [-0.1, -0.05) is 30.3 Å². The van der Waals surface area contributed by atoms with Crippen LogP contribution in [0.4, 0.5) is 0 Å². The topological polar surface area (TPSA) is 21.3 Å². The summed E-state index contributed by atoms with van der Waals surface area (Å²) in [5.41, 5.74) is 1.30. The summed E-state index contributed by atoms with van der Waals surface area (Å²) in [7, 11) is 1.68. The molecule has 0 heterocycles. The number of rotatable bonds is 6. The van der Waals surface area contributed by atoms with Gasteiger partial charge >= 0.3 is 0 Å². The number of ether oxygens (including phenoxy) is 1. The first-order valence-corrected chi connectivity index (χ1v) is 6.29. The van der Waals surface area contributed by atoms with Gasteiger partial charge in [0.2, 0.25) is 0 Å². The monoisotopic (exact) mass is 251 g/mol. The normalized spacial score (nSPS) is 16.6. The summed E-state index contributed by atoms with van der Waals surface area (Å²) >= 11 is 5.81. The molecule has 1 aromatic carbocycles. The van der Waals surface area contributed by atoms with Gasteiger partial charge in [0.1, 0.15) is 5.75 Å². The van der Waals surface area contributed by atoms with Crippen LogP contribution in [-0.4, -0.2) is 13.7 Å². The van der Waals surface area contributed by atoms with E-state index in [1.807, 2.05) is 12.1 Å². The minimum Gasteiger partial charge on any atom is -0.497 e. The van der Waals surface area contributed by atoms with Crippen molar-refractivity contribution in [2.75, 3.05) is 13.7 Å². The zero-order valence-corrected chi connectivity index (χ0v) is 10.8. The van der Waals surface area contributed by atoms with E-state index in [0.29, 0.717) is 17.6 Å². The van der Waals surface area contributed by atoms with E-state index in [0.717, 1.165) is 11.7 Å². The van der Waals surface area contributed by atoms with E-state index in [4.69, 9.17) is 16.3 Å². The number of methoxy groups -OCH3 is 1. The number of halogens is 1. The molecule has 1 unspecified atom stereocenters. The van der Waals surface area contributed by atoms with Gasteiger partial charge in [-0.2, -0.15) is 0 Å². The summed E-state index contributed by atoms with van der Waals surface area (Å²) in [6.07, 6.45) is 2.58. The van der Waals surface area contributed by atoms with Gasteiger partial charge in [0.15, 0.2) is 0 Å². The molecule has 1 N–H and O–H groups in total. The Bertz CT molecular complexity index is 384. The highest BCUT2D eigenvalue weighted by Gasteiger charge is 2.31. The average molecular weight is 252 g/mol. The van der Waals surface area contributed by atoms with Crippen LogP contribution >= 0.6 is 11.6 Å². The molecule has 2 nitrogen and oxygen atoms in total. The molecule has 0 saturated heterocycles. The first-order chi connectivity index (χ1) is 8.20. The highest BCUT2D eigenvalue weighted by molar-refractivity contribution is 6.29. The van der Waals surface area contributed by atoms with E-state index in [1.165, 1.54) is 18.4 Å². The molecule has 17 heavy (non-hydrogen) atoms. The maximum Gasteiger partial charge on any atom is 0.118 e. The molecule has 1 aliphatic carbocycles. The Hall–Kier alpha value is -0.990. The molecule has 0 aromatic heterocycles. The van der Waals surface area contributed by atoms with Crippen molar-refractivity contribution in [1.82, 2.24) is 5.32 Å². The first kappa shape index (κ1) is 12.5. The maximum absolute atomic E-state index is 5.81. The lowest BCUT2D eigenvalue weighted by atomic mass is 10.0. The summed E-state index contributed by atoms with van der Waals surface area (Å²) in [6.45, 7) is 4.37. The second-order valence-electron chi connectivity index (χ2n) is 4.49. The van der Waals surface area contributed by atoms with Gasteiger partial charge in [-0.05, 0) is 36.5 Å². The second kappa shape index (κ2) is 5.56. The summed E-state index contributed by atoms with van der Waals surface area (Å²) in [4.78, 5) is 0. The van der Waals surface area contributed by atoms with Crippen molar-refractivity contribution in [3.63, 3.8) is 0 Å². The quantitative estimate of drug-likeness (QED) is 0.836. The number of hydrogen-bond donors (Lipinski definition) is 1. The standard InChI is InChI=1S/C14H18ClNO/c1-10(15)9-16-14(11-3-4-11)12-5-7-13(17-2)8-6-12/h5-8,11,14,16H,1,3-4,9H2,2H3.